The fourth-order valence-corrected chi connectivity index (χ4v) is 3.67. The summed E-state index contributed by atoms with van der Waals surface area (Å²) in [5.74, 6) is -0.806. The number of hydrogen-bond donors (Lipinski definition) is 2. The molecule has 2 amide bonds. The lowest BCUT2D eigenvalue weighted by Crippen LogP contribution is -2.43. The van der Waals surface area contributed by atoms with Gasteiger partial charge in [-0.05, 0) is 25.0 Å². The van der Waals surface area contributed by atoms with E-state index in [1.165, 1.54) is 12.1 Å². The fourth-order valence-electron chi connectivity index (χ4n) is 3.67. The maximum Gasteiger partial charge on any atom is 0.272 e. The summed E-state index contributed by atoms with van der Waals surface area (Å²) in [6.45, 7) is 2.75. The van der Waals surface area contributed by atoms with E-state index in [0.29, 0.717) is 29.7 Å². The van der Waals surface area contributed by atoms with Gasteiger partial charge in [0.25, 0.3) is 5.91 Å². The van der Waals surface area contributed by atoms with Crippen LogP contribution in [0.3, 0.4) is 0 Å². The van der Waals surface area contributed by atoms with Gasteiger partial charge in [0.15, 0.2) is 0 Å². The number of carbonyl (C=O) groups excluding carboxylic acids is 2. The summed E-state index contributed by atoms with van der Waals surface area (Å²) in [5.41, 5.74) is 5.30. The van der Waals surface area contributed by atoms with Gasteiger partial charge in [-0.15, -0.1) is 0 Å². The minimum absolute atomic E-state index is 0.108. The number of H-pyrrole nitrogens is 1. The van der Waals surface area contributed by atoms with Crippen molar-refractivity contribution in [1.29, 1.82) is 0 Å². The number of benzene rings is 1. The van der Waals surface area contributed by atoms with Gasteiger partial charge in [0, 0.05) is 22.1 Å². The normalized spacial score (nSPS) is 20.5. The molecule has 1 aromatic carbocycles. The molecule has 122 valence electrons. The van der Waals surface area contributed by atoms with Crippen molar-refractivity contribution in [2.75, 3.05) is 6.54 Å². The molecule has 2 N–H and O–H groups in total. The molecule has 3 heterocycles. The maximum absolute atomic E-state index is 13.8. The van der Waals surface area contributed by atoms with Crippen LogP contribution < -0.4 is 5.43 Å². The van der Waals surface area contributed by atoms with Crippen LogP contribution in [0.25, 0.3) is 10.9 Å². The first-order valence-corrected chi connectivity index (χ1v) is 7.97. The zero-order valence-corrected chi connectivity index (χ0v) is 13.1. The van der Waals surface area contributed by atoms with E-state index in [9.17, 15) is 14.0 Å². The van der Waals surface area contributed by atoms with Gasteiger partial charge in [-0.1, -0.05) is 6.92 Å². The molecule has 5 rings (SSSR count). The van der Waals surface area contributed by atoms with Gasteiger partial charge >= 0.3 is 0 Å². The first-order valence-electron chi connectivity index (χ1n) is 7.97. The van der Waals surface area contributed by atoms with E-state index in [-0.39, 0.29) is 16.9 Å². The Morgan fingerprint density at radius 3 is 2.88 bits per heavy atom. The molecule has 1 saturated carbocycles. The van der Waals surface area contributed by atoms with E-state index in [1.807, 2.05) is 6.92 Å². The lowest BCUT2D eigenvalue weighted by Gasteiger charge is -2.30. The second kappa shape index (κ2) is 4.23. The van der Waals surface area contributed by atoms with Gasteiger partial charge in [0.1, 0.15) is 5.82 Å². The molecule has 2 aliphatic heterocycles. The number of carbonyl (C=O) groups is 2. The Morgan fingerprint density at radius 1 is 1.33 bits per heavy atom. The molecule has 0 radical (unpaired) electrons. The zero-order chi connectivity index (χ0) is 16.6. The number of aromatic amines is 1. The molecule has 0 unspecified atom stereocenters. The van der Waals surface area contributed by atoms with Crippen molar-refractivity contribution in [2.45, 2.75) is 26.3 Å². The summed E-state index contributed by atoms with van der Waals surface area (Å²) >= 11 is 0. The summed E-state index contributed by atoms with van der Waals surface area (Å²) in [5, 5.41) is 4.88. The Balaban J connectivity index is 1.70. The molecule has 7 heteroatoms. The smallest absolute Gasteiger partial charge is 0.272 e. The lowest BCUT2D eigenvalue weighted by atomic mass is 9.97. The Hall–Kier alpha value is -2.70. The Morgan fingerprint density at radius 2 is 2.12 bits per heavy atom. The number of halogens is 1. The topological polar surface area (TPSA) is 77.6 Å². The molecule has 1 aliphatic carbocycles. The van der Waals surface area contributed by atoms with Crippen molar-refractivity contribution in [2.24, 2.45) is 10.5 Å². The van der Waals surface area contributed by atoms with Crippen LogP contribution in [-0.4, -0.2) is 34.0 Å². The summed E-state index contributed by atoms with van der Waals surface area (Å²) in [6, 6.07) is 2.61. The minimum Gasteiger partial charge on any atom is -0.356 e. The lowest BCUT2D eigenvalue weighted by molar-refractivity contribution is -0.136. The van der Waals surface area contributed by atoms with Gasteiger partial charge in [0.05, 0.1) is 29.9 Å². The third-order valence-electron chi connectivity index (χ3n) is 5.26. The molecule has 0 spiro atoms. The van der Waals surface area contributed by atoms with E-state index >= 15 is 0 Å². The number of nitrogens with zero attached hydrogens (tertiary/aromatic N) is 2. The Bertz CT molecular complexity index is 971. The maximum atomic E-state index is 13.8. The second-order valence-electron chi connectivity index (χ2n) is 7.08. The predicted octanol–water partition coefficient (Wildman–Crippen LogP) is 1.90. The third kappa shape index (κ3) is 1.72. The minimum atomic E-state index is -0.479. The van der Waals surface area contributed by atoms with Gasteiger partial charge in [-0.25, -0.2) is 9.82 Å². The van der Waals surface area contributed by atoms with Crippen LogP contribution in [0.4, 0.5) is 4.39 Å². The molecule has 0 bridgehead atoms. The summed E-state index contributed by atoms with van der Waals surface area (Å²) in [6.07, 6.45) is 1.81. The van der Waals surface area contributed by atoms with Gasteiger partial charge in [-0.2, -0.15) is 5.10 Å². The molecule has 3 aliphatic rings. The largest absolute Gasteiger partial charge is 0.356 e. The predicted molar refractivity (Wildman–Crippen MR) is 85.0 cm³/mol. The van der Waals surface area contributed by atoms with Crippen molar-refractivity contribution in [3.8, 4) is 0 Å². The number of aromatic nitrogens is 1. The Kier molecular flexibility index (Phi) is 2.41. The number of nitrogens with one attached hydrogen (secondary N) is 2. The molecule has 2 aromatic rings. The van der Waals surface area contributed by atoms with Gasteiger partial charge in [-0.3, -0.25) is 9.59 Å². The molecule has 0 atom stereocenters. The van der Waals surface area contributed by atoms with Crippen LogP contribution >= 0.6 is 0 Å². The van der Waals surface area contributed by atoms with Crippen molar-refractivity contribution in [1.82, 2.24) is 15.3 Å². The van der Waals surface area contributed by atoms with Crippen LogP contribution in [0, 0.1) is 11.2 Å². The van der Waals surface area contributed by atoms with Crippen molar-refractivity contribution < 1.29 is 14.0 Å². The Labute approximate surface area is 136 Å². The summed E-state index contributed by atoms with van der Waals surface area (Å²) in [4.78, 5) is 29.9. The summed E-state index contributed by atoms with van der Waals surface area (Å²) < 4.78 is 13.8. The third-order valence-corrected chi connectivity index (χ3v) is 5.26. The highest BCUT2D eigenvalue weighted by Crippen LogP contribution is 2.47. The van der Waals surface area contributed by atoms with Crippen LogP contribution in [-0.2, 0) is 11.3 Å². The molecule has 6 nitrogen and oxygen atoms in total. The number of hydrazone groups is 1. The first kappa shape index (κ1) is 13.7. The quantitative estimate of drug-likeness (QED) is 0.839. The van der Waals surface area contributed by atoms with E-state index in [1.54, 1.807) is 4.90 Å². The average Bonchev–Trinajstić information content (AvgIpc) is 3.22. The van der Waals surface area contributed by atoms with E-state index in [0.717, 1.165) is 24.1 Å². The molecule has 1 fully saturated rings. The zero-order valence-electron chi connectivity index (χ0n) is 13.1. The molecule has 24 heavy (non-hydrogen) atoms. The van der Waals surface area contributed by atoms with Crippen LogP contribution in [0.5, 0.6) is 0 Å². The van der Waals surface area contributed by atoms with Crippen molar-refractivity contribution >= 4 is 28.4 Å². The summed E-state index contributed by atoms with van der Waals surface area (Å²) in [7, 11) is 0. The van der Waals surface area contributed by atoms with Crippen molar-refractivity contribution in [3.63, 3.8) is 0 Å². The second-order valence-corrected chi connectivity index (χ2v) is 7.08. The van der Waals surface area contributed by atoms with Gasteiger partial charge in [0.2, 0.25) is 5.91 Å². The molecular formula is C17H15FN4O2. The van der Waals surface area contributed by atoms with Crippen molar-refractivity contribution in [3.05, 3.63) is 34.8 Å². The van der Waals surface area contributed by atoms with E-state index < -0.39 is 11.7 Å². The van der Waals surface area contributed by atoms with Gasteiger partial charge < -0.3 is 9.88 Å². The standard InChI is InChI=1S/C17H15FN4O2/c1-17(2-3-17)16(24)22-6-11-14-12(7-22)20-21-15(23)9-4-8(18)5-10(19-11)13(9)14/h4-5,19H,2-3,6-7H2,1H3,(H,21,23). The van der Waals surface area contributed by atoms with Crippen LogP contribution in [0.1, 0.15) is 41.4 Å². The first-order chi connectivity index (χ1) is 11.5. The van der Waals surface area contributed by atoms with E-state index in [2.05, 4.69) is 15.5 Å². The highest BCUT2D eigenvalue weighted by Gasteiger charge is 2.48. The molecule has 0 saturated heterocycles. The number of hydrogen-bond acceptors (Lipinski definition) is 3. The monoisotopic (exact) mass is 326 g/mol. The molecular weight excluding hydrogens is 311 g/mol. The SMILES string of the molecule is CC1(C(=O)N2CC3=NNC(=O)c4cc(F)cc5[nH]c(c3c45)C2)CC1. The van der Waals surface area contributed by atoms with Crippen LogP contribution in [0.2, 0.25) is 0 Å². The highest BCUT2D eigenvalue weighted by molar-refractivity contribution is 6.21. The van der Waals surface area contributed by atoms with Crippen LogP contribution in [0.15, 0.2) is 17.2 Å². The highest BCUT2D eigenvalue weighted by atomic mass is 19.1. The molecule has 1 aromatic heterocycles. The van der Waals surface area contributed by atoms with E-state index in [4.69, 9.17) is 0 Å². The number of amides is 2. The number of rotatable bonds is 1. The average molecular weight is 326 g/mol. The fraction of sp³-hybridized carbons (Fsp3) is 0.353.